The Morgan fingerprint density at radius 2 is 1.89 bits per heavy atom. The monoisotopic (exact) mass is 265 g/mol. The molecule has 3 atom stereocenters. The number of carbonyl (C=O) groups excluding carboxylic acids is 2. The van der Waals surface area contributed by atoms with Crippen LogP contribution in [0.3, 0.4) is 0 Å². The van der Waals surface area contributed by atoms with Crippen LogP contribution in [-0.4, -0.2) is 41.4 Å². The Bertz CT molecular complexity index is 381. The first kappa shape index (κ1) is 12.9. The van der Waals surface area contributed by atoms with E-state index in [9.17, 15) is 9.59 Å². The van der Waals surface area contributed by atoms with E-state index in [0.717, 1.165) is 51.5 Å². The van der Waals surface area contributed by atoms with Crippen molar-refractivity contribution in [3.63, 3.8) is 0 Å². The molecule has 0 bridgehead atoms. The zero-order valence-electron chi connectivity index (χ0n) is 11.3. The largest absolute Gasteiger partial charge is 0.352 e. The van der Waals surface area contributed by atoms with Gasteiger partial charge in [0.15, 0.2) is 0 Å². The van der Waals surface area contributed by atoms with Gasteiger partial charge in [-0.15, -0.1) is 0 Å². The van der Waals surface area contributed by atoms with E-state index in [1.54, 1.807) is 4.90 Å². The Morgan fingerprint density at radius 3 is 2.53 bits per heavy atom. The Hall–Kier alpha value is -1.10. The lowest BCUT2D eigenvalue weighted by Crippen LogP contribution is -2.48. The fourth-order valence-electron chi connectivity index (χ4n) is 3.30. The minimum Gasteiger partial charge on any atom is -0.352 e. The first-order chi connectivity index (χ1) is 9.15. The quantitative estimate of drug-likeness (QED) is 0.775. The molecular weight excluding hydrogens is 242 g/mol. The molecule has 1 heterocycles. The van der Waals surface area contributed by atoms with E-state index in [1.807, 2.05) is 0 Å². The van der Waals surface area contributed by atoms with Crippen LogP contribution in [0, 0.1) is 5.92 Å². The summed E-state index contributed by atoms with van der Waals surface area (Å²) in [5, 5.41) is 3.02. The fourth-order valence-corrected chi connectivity index (χ4v) is 3.30. The van der Waals surface area contributed by atoms with E-state index in [2.05, 4.69) is 5.32 Å². The van der Waals surface area contributed by atoms with Crippen molar-refractivity contribution in [2.24, 2.45) is 11.7 Å². The van der Waals surface area contributed by atoms with Crippen LogP contribution in [0.4, 0.5) is 0 Å². The first-order valence-corrected chi connectivity index (χ1v) is 7.51. The van der Waals surface area contributed by atoms with Crippen molar-refractivity contribution < 1.29 is 9.59 Å². The third kappa shape index (κ3) is 2.76. The Morgan fingerprint density at radius 1 is 1.11 bits per heavy atom. The van der Waals surface area contributed by atoms with Gasteiger partial charge in [0.05, 0.1) is 0 Å². The molecule has 2 saturated carbocycles. The molecular formula is C14H23N3O2. The molecule has 0 spiro atoms. The maximum Gasteiger partial charge on any atom is 0.243 e. The van der Waals surface area contributed by atoms with Crippen LogP contribution in [0.25, 0.3) is 0 Å². The molecule has 3 fully saturated rings. The maximum atomic E-state index is 12.5. The SMILES string of the molecule is NC1CCC(C(=O)N2CCCC2C(=O)NC2CC2)C1. The van der Waals surface area contributed by atoms with Crippen molar-refractivity contribution in [2.75, 3.05) is 6.54 Å². The predicted molar refractivity (Wildman–Crippen MR) is 71.2 cm³/mol. The molecule has 5 heteroatoms. The van der Waals surface area contributed by atoms with Crippen molar-refractivity contribution in [1.82, 2.24) is 10.2 Å². The van der Waals surface area contributed by atoms with Gasteiger partial charge >= 0.3 is 0 Å². The number of hydrogen-bond acceptors (Lipinski definition) is 3. The molecule has 106 valence electrons. The van der Waals surface area contributed by atoms with Gasteiger partial charge in [-0.2, -0.15) is 0 Å². The van der Waals surface area contributed by atoms with Crippen LogP contribution in [0.15, 0.2) is 0 Å². The van der Waals surface area contributed by atoms with E-state index in [1.165, 1.54) is 0 Å². The first-order valence-electron chi connectivity index (χ1n) is 7.51. The van der Waals surface area contributed by atoms with Crippen LogP contribution >= 0.6 is 0 Å². The smallest absolute Gasteiger partial charge is 0.243 e. The molecule has 1 aliphatic heterocycles. The molecule has 0 aromatic heterocycles. The molecule has 0 aromatic rings. The van der Waals surface area contributed by atoms with Crippen molar-refractivity contribution in [2.45, 2.75) is 63.1 Å². The molecule has 2 aliphatic carbocycles. The minimum absolute atomic E-state index is 0.0457. The minimum atomic E-state index is -0.232. The van der Waals surface area contributed by atoms with Crippen LogP contribution < -0.4 is 11.1 Å². The summed E-state index contributed by atoms with van der Waals surface area (Å²) in [5.41, 5.74) is 5.88. The summed E-state index contributed by atoms with van der Waals surface area (Å²) in [5.74, 6) is 0.251. The lowest BCUT2D eigenvalue weighted by Gasteiger charge is -2.26. The van der Waals surface area contributed by atoms with E-state index >= 15 is 0 Å². The number of nitrogens with zero attached hydrogens (tertiary/aromatic N) is 1. The van der Waals surface area contributed by atoms with Crippen LogP contribution in [0.1, 0.15) is 44.9 Å². The van der Waals surface area contributed by atoms with Gasteiger partial charge in [-0.3, -0.25) is 9.59 Å². The highest BCUT2D eigenvalue weighted by Crippen LogP contribution is 2.30. The lowest BCUT2D eigenvalue weighted by molar-refractivity contribution is -0.141. The molecule has 2 amide bonds. The lowest BCUT2D eigenvalue weighted by atomic mass is 10.1. The predicted octanol–water partition coefficient (Wildman–Crippen LogP) is 0.383. The summed E-state index contributed by atoms with van der Waals surface area (Å²) < 4.78 is 0. The molecule has 0 radical (unpaired) electrons. The Kier molecular flexibility index (Phi) is 3.48. The highest BCUT2D eigenvalue weighted by atomic mass is 16.2. The number of hydrogen-bond donors (Lipinski definition) is 2. The van der Waals surface area contributed by atoms with Crippen molar-refractivity contribution in [3.05, 3.63) is 0 Å². The molecule has 3 aliphatic rings. The second-order valence-corrected chi connectivity index (χ2v) is 6.24. The fraction of sp³-hybridized carbons (Fsp3) is 0.857. The zero-order chi connectivity index (χ0) is 13.4. The van der Waals surface area contributed by atoms with Crippen LogP contribution in [0.2, 0.25) is 0 Å². The summed E-state index contributed by atoms with van der Waals surface area (Å²) >= 11 is 0. The third-order valence-corrected chi connectivity index (χ3v) is 4.58. The van der Waals surface area contributed by atoms with Crippen molar-refractivity contribution in [3.8, 4) is 0 Å². The highest BCUT2D eigenvalue weighted by Gasteiger charge is 2.40. The third-order valence-electron chi connectivity index (χ3n) is 4.58. The van der Waals surface area contributed by atoms with E-state index in [-0.39, 0.29) is 29.8 Å². The standard InChI is InChI=1S/C14H23N3O2/c15-10-4-3-9(8-10)14(19)17-7-1-2-12(17)13(18)16-11-5-6-11/h9-12H,1-8,15H2,(H,16,18). The van der Waals surface area contributed by atoms with Gasteiger partial charge in [-0.05, 0) is 44.9 Å². The second kappa shape index (κ2) is 5.12. The highest BCUT2D eigenvalue weighted by molar-refractivity contribution is 5.89. The Labute approximate surface area is 113 Å². The van der Waals surface area contributed by atoms with Gasteiger partial charge in [0, 0.05) is 24.5 Å². The van der Waals surface area contributed by atoms with E-state index < -0.39 is 0 Å². The normalized spacial score (nSPS) is 34.6. The number of carbonyl (C=O) groups is 2. The van der Waals surface area contributed by atoms with Gasteiger partial charge in [0.25, 0.3) is 0 Å². The average Bonchev–Trinajstić information content (AvgIpc) is 2.92. The summed E-state index contributed by atoms with van der Waals surface area (Å²) in [7, 11) is 0. The summed E-state index contributed by atoms with van der Waals surface area (Å²) in [4.78, 5) is 26.5. The molecule has 3 N–H and O–H groups in total. The summed E-state index contributed by atoms with van der Waals surface area (Å²) in [6.07, 6.45) is 6.52. The van der Waals surface area contributed by atoms with E-state index in [0.29, 0.717) is 6.04 Å². The van der Waals surface area contributed by atoms with Crippen LogP contribution in [0.5, 0.6) is 0 Å². The van der Waals surface area contributed by atoms with Gasteiger partial charge < -0.3 is 16.0 Å². The molecule has 3 rings (SSSR count). The number of nitrogens with two attached hydrogens (primary N) is 1. The molecule has 19 heavy (non-hydrogen) atoms. The van der Waals surface area contributed by atoms with E-state index in [4.69, 9.17) is 5.73 Å². The second-order valence-electron chi connectivity index (χ2n) is 6.24. The Balaban J connectivity index is 1.61. The van der Waals surface area contributed by atoms with Gasteiger partial charge in [-0.1, -0.05) is 0 Å². The van der Waals surface area contributed by atoms with Crippen molar-refractivity contribution >= 4 is 11.8 Å². The number of likely N-dealkylation sites (tertiary alicyclic amines) is 1. The van der Waals surface area contributed by atoms with Gasteiger partial charge in [0.1, 0.15) is 6.04 Å². The molecule has 5 nitrogen and oxygen atoms in total. The zero-order valence-corrected chi connectivity index (χ0v) is 11.3. The average molecular weight is 265 g/mol. The number of amides is 2. The maximum absolute atomic E-state index is 12.5. The van der Waals surface area contributed by atoms with Gasteiger partial charge in [-0.25, -0.2) is 0 Å². The summed E-state index contributed by atoms with van der Waals surface area (Å²) in [6.45, 7) is 0.729. The molecule has 0 aromatic carbocycles. The number of nitrogens with one attached hydrogen (secondary N) is 1. The topological polar surface area (TPSA) is 75.4 Å². The van der Waals surface area contributed by atoms with Crippen molar-refractivity contribution in [1.29, 1.82) is 0 Å². The molecule has 3 unspecified atom stereocenters. The summed E-state index contributed by atoms with van der Waals surface area (Å²) in [6, 6.07) is 0.296. The van der Waals surface area contributed by atoms with Crippen LogP contribution in [-0.2, 0) is 9.59 Å². The number of rotatable bonds is 3. The molecule has 1 saturated heterocycles. The van der Waals surface area contributed by atoms with Gasteiger partial charge in [0.2, 0.25) is 11.8 Å².